The van der Waals surface area contributed by atoms with Crippen LogP contribution in [0.3, 0.4) is 0 Å². The number of carbonyl (C=O) groups is 2. The molecule has 0 atom stereocenters. The van der Waals surface area contributed by atoms with Crippen LogP contribution in [0.5, 0.6) is 11.5 Å². The summed E-state index contributed by atoms with van der Waals surface area (Å²) in [5, 5.41) is 9.61. The summed E-state index contributed by atoms with van der Waals surface area (Å²) in [4.78, 5) is 25.9. The van der Waals surface area contributed by atoms with Gasteiger partial charge in [-0.15, -0.1) is 0 Å². The Labute approximate surface area is 164 Å². The summed E-state index contributed by atoms with van der Waals surface area (Å²) in [7, 11) is 0. The second-order valence-corrected chi connectivity index (χ2v) is 7.02. The molecule has 0 radical (unpaired) electrons. The Hall–Kier alpha value is -2.51. The molecule has 0 bridgehead atoms. The highest BCUT2D eigenvalue weighted by molar-refractivity contribution is 8.18. The lowest BCUT2D eigenvalue weighted by Crippen LogP contribution is -2.28. The van der Waals surface area contributed by atoms with E-state index in [1.165, 1.54) is 30.3 Å². The van der Waals surface area contributed by atoms with Gasteiger partial charge in [0.05, 0.1) is 18.1 Å². The van der Waals surface area contributed by atoms with Gasteiger partial charge in [-0.3, -0.25) is 14.5 Å². The van der Waals surface area contributed by atoms with Crippen LogP contribution in [0.15, 0.2) is 41.3 Å². The summed E-state index contributed by atoms with van der Waals surface area (Å²) < 4.78 is 19.3. The smallest absolute Gasteiger partial charge is 0.293 e. The van der Waals surface area contributed by atoms with Crippen molar-refractivity contribution in [3.8, 4) is 11.5 Å². The summed E-state index contributed by atoms with van der Waals surface area (Å²) >= 11 is 6.70. The van der Waals surface area contributed by atoms with Crippen molar-refractivity contribution in [1.29, 1.82) is 0 Å². The minimum Gasteiger partial charge on any atom is -0.507 e. The first-order valence-corrected chi connectivity index (χ1v) is 9.24. The van der Waals surface area contributed by atoms with Crippen LogP contribution >= 0.6 is 23.4 Å². The Morgan fingerprint density at radius 1 is 1.30 bits per heavy atom. The Balaban J connectivity index is 1.88. The summed E-state index contributed by atoms with van der Waals surface area (Å²) in [6.45, 7) is 2.01. The average molecular weight is 408 g/mol. The molecule has 1 N–H and O–H groups in total. The van der Waals surface area contributed by atoms with Crippen LogP contribution in [-0.2, 0) is 11.3 Å². The molecule has 2 amide bonds. The lowest BCUT2D eigenvalue weighted by Gasteiger charge is -2.14. The zero-order valence-corrected chi connectivity index (χ0v) is 15.8. The number of amides is 2. The van der Waals surface area contributed by atoms with Gasteiger partial charge in [0.2, 0.25) is 0 Å². The van der Waals surface area contributed by atoms with E-state index in [2.05, 4.69) is 0 Å². The lowest BCUT2D eigenvalue weighted by molar-refractivity contribution is -0.123. The van der Waals surface area contributed by atoms with E-state index in [9.17, 15) is 19.1 Å². The summed E-state index contributed by atoms with van der Waals surface area (Å²) in [6.07, 6.45) is 1.41. The number of phenolic OH excluding ortho intramolecular Hbond substituents is 1. The summed E-state index contributed by atoms with van der Waals surface area (Å²) in [5.41, 5.74) is 0.416. The van der Waals surface area contributed by atoms with Gasteiger partial charge in [-0.25, -0.2) is 4.39 Å². The molecule has 2 aromatic rings. The number of ether oxygens (including phenoxy) is 1. The number of hydrogen-bond donors (Lipinski definition) is 1. The third-order valence-corrected chi connectivity index (χ3v) is 5.11. The number of rotatable bonds is 5. The molecular formula is C19H15ClFNO4S. The van der Waals surface area contributed by atoms with E-state index < -0.39 is 17.0 Å². The summed E-state index contributed by atoms with van der Waals surface area (Å²) in [6, 6.07) is 8.77. The SMILES string of the molecule is CCOc1ccc(O)c(/C=C2\SC(=O)N(Cc3c(F)cccc3Cl)C2=O)c1. The maximum atomic E-state index is 14.0. The molecule has 0 saturated carbocycles. The van der Waals surface area contributed by atoms with Crippen molar-refractivity contribution in [1.82, 2.24) is 4.90 Å². The minimum absolute atomic E-state index is 0.0533. The van der Waals surface area contributed by atoms with Gasteiger partial charge in [0.1, 0.15) is 17.3 Å². The fraction of sp³-hybridized carbons (Fsp3) is 0.158. The van der Waals surface area contributed by atoms with Gasteiger partial charge in [0, 0.05) is 16.1 Å². The largest absolute Gasteiger partial charge is 0.507 e. The van der Waals surface area contributed by atoms with Gasteiger partial charge in [0.25, 0.3) is 11.1 Å². The van der Waals surface area contributed by atoms with Crippen LogP contribution in [0.2, 0.25) is 5.02 Å². The third-order valence-electron chi connectivity index (χ3n) is 3.85. The average Bonchev–Trinajstić information content (AvgIpc) is 2.88. The van der Waals surface area contributed by atoms with Gasteiger partial charge in [-0.2, -0.15) is 0 Å². The first-order chi connectivity index (χ1) is 12.9. The number of phenols is 1. The van der Waals surface area contributed by atoms with Gasteiger partial charge < -0.3 is 9.84 Å². The highest BCUT2D eigenvalue weighted by Crippen LogP contribution is 2.36. The van der Waals surface area contributed by atoms with Crippen molar-refractivity contribution in [2.24, 2.45) is 0 Å². The fourth-order valence-corrected chi connectivity index (χ4v) is 3.58. The number of benzene rings is 2. The first kappa shape index (κ1) is 19.3. The van der Waals surface area contributed by atoms with Gasteiger partial charge >= 0.3 is 0 Å². The maximum Gasteiger partial charge on any atom is 0.293 e. The molecular weight excluding hydrogens is 393 g/mol. The monoisotopic (exact) mass is 407 g/mol. The van der Waals surface area contributed by atoms with E-state index in [0.29, 0.717) is 29.7 Å². The highest BCUT2D eigenvalue weighted by atomic mass is 35.5. The number of aromatic hydroxyl groups is 1. The lowest BCUT2D eigenvalue weighted by atomic mass is 10.1. The molecule has 2 aromatic carbocycles. The number of hydrogen-bond acceptors (Lipinski definition) is 5. The third kappa shape index (κ3) is 4.09. The van der Waals surface area contributed by atoms with E-state index in [-0.39, 0.29) is 27.8 Å². The molecule has 3 rings (SSSR count). The predicted octanol–water partition coefficient (Wildman–Crippen LogP) is 4.82. The van der Waals surface area contributed by atoms with Crippen molar-refractivity contribution in [2.75, 3.05) is 6.61 Å². The number of halogens is 2. The van der Waals surface area contributed by atoms with E-state index in [1.807, 2.05) is 6.92 Å². The number of imide groups is 1. The van der Waals surface area contributed by atoms with Crippen LogP contribution < -0.4 is 4.74 Å². The second kappa shape index (κ2) is 8.02. The van der Waals surface area contributed by atoms with Crippen LogP contribution in [0.4, 0.5) is 9.18 Å². The van der Waals surface area contributed by atoms with E-state index in [1.54, 1.807) is 12.1 Å². The molecule has 5 nitrogen and oxygen atoms in total. The zero-order valence-electron chi connectivity index (χ0n) is 14.2. The molecule has 140 valence electrons. The van der Waals surface area contributed by atoms with Crippen LogP contribution in [0.1, 0.15) is 18.1 Å². The quantitative estimate of drug-likeness (QED) is 0.720. The van der Waals surface area contributed by atoms with E-state index >= 15 is 0 Å². The molecule has 1 heterocycles. The molecule has 0 spiro atoms. The molecule has 1 fully saturated rings. The molecule has 27 heavy (non-hydrogen) atoms. The van der Waals surface area contributed by atoms with E-state index in [0.717, 1.165) is 4.90 Å². The number of carbonyl (C=O) groups excluding carboxylic acids is 2. The molecule has 1 aliphatic heterocycles. The van der Waals surface area contributed by atoms with Gasteiger partial charge in [-0.05, 0) is 55.1 Å². The topological polar surface area (TPSA) is 66.8 Å². The summed E-state index contributed by atoms with van der Waals surface area (Å²) in [5.74, 6) is -0.695. The molecule has 0 aromatic heterocycles. The second-order valence-electron chi connectivity index (χ2n) is 5.62. The molecule has 0 unspecified atom stereocenters. The number of thioether (sulfide) groups is 1. The zero-order chi connectivity index (χ0) is 19.6. The van der Waals surface area contributed by atoms with Gasteiger partial charge in [0.15, 0.2) is 0 Å². The Bertz CT molecular complexity index is 927. The maximum absolute atomic E-state index is 14.0. The van der Waals surface area contributed by atoms with Crippen molar-refractivity contribution in [3.63, 3.8) is 0 Å². The molecule has 1 saturated heterocycles. The van der Waals surface area contributed by atoms with Crippen LogP contribution in [0.25, 0.3) is 6.08 Å². The molecule has 0 aliphatic carbocycles. The Morgan fingerprint density at radius 3 is 2.78 bits per heavy atom. The number of nitrogens with zero attached hydrogens (tertiary/aromatic N) is 1. The minimum atomic E-state index is -0.590. The van der Waals surface area contributed by atoms with Crippen molar-refractivity contribution in [3.05, 3.63) is 63.3 Å². The van der Waals surface area contributed by atoms with Gasteiger partial charge in [-0.1, -0.05) is 17.7 Å². The first-order valence-electron chi connectivity index (χ1n) is 8.04. The van der Waals surface area contributed by atoms with Crippen LogP contribution in [-0.4, -0.2) is 27.8 Å². The molecule has 1 aliphatic rings. The van der Waals surface area contributed by atoms with Crippen LogP contribution in [0, 0.1) is 5.82 Å². The standard InChI is InChI=1S/C19H15ClFNO4S/c1-2-26-12-6-7-16(23)11(8-12)9-17-18(24)22(19(25)27-17)10-13-14(20)4-3-5-15(13)21/h3-9,23H,2,10H2,1H3/b17-9-. The highest BCUT2D eigenvalue weighted by Gasteiger charge is 2.36. The predicted molar refractivity (Wildman–Crippen MR) is 102 cm³/mol. The molecule has 8 heteroatoms. The fourth-order valence-electron chi connectivity index (χ4n) is 2.52. The Morgan fingerprint density at radius 2 is 2.07 bits per heavy atom. The van der Waals surface area contributed by atoms with Crippen molar-refractivity contribution in [2.45, 2.75) is 13.5 Å². The Kier molecular flexibility index (Phi) is 5.72. The van der Waals surface area contributed by atoms with E-state index in [4.69, 9.17) is 16.3 Å². The van der Waals surface area contributed by atoms with Crippen molar-refractivity contribution < 1.29 is 23.8 Å². The van der Waals surface area contributed by atoms with Crippen molar-refractivity contribution >= 4 is 40.6 Å². The normalized spacial score (nSPS) is 15.7.